The first-order valence-corrected chi connectivity index (χ1v) is 13.9. The van der Waals surface area contributed by atoms with Gasteiger partial charge in [0.15, 0.2) is 0 Å². The van der Waals surface area contributed by atoms with E-state index in [0.29, 0.717) is 36.8 Å². The van der Waals surface area contributed by atoms with Crippen LogP contribution in [-0.4, -0.2) is 13.2 Å². The van der Waals surface area contributed by atoms with Gasteiger partial charge in [-0.3, -0.25) is 0 Å². The number of benzene rings is 1. The highest BCUT2D eigenvalue weighted by molar-refractivity contribution is 6.18. The summed E-state index contributed by atoms with van der Waals surface area (Å²) in [5, 5.41) is 0. The third-order valence-electron chi connectivity index (χ3n) is 6.22. The Morgan fingerprint density at radius 2 is 0.969 bits per heavy atom. The molecule has 0 saturated heterocycles. The van der Waals surface area contributed by atoms with Gasteiger partial charge in [-0.15, -0.1) is 23.2 Å². The van der Waals surface area contributed by atoms with Crippen molar-refractivity contribution in [1.82, 2.24) is 0 Å². The fourth-order valence-corrected chi connectivity index (χ4v) is 4.32. The van der Waals surface area contributed by atoms with Crippen LogP contribution >= 0.6 is 23.2 Å². The maximum Gasteiger partial charge on any atom is 0.124 e. The van der Waals surface area contributed by atoms with E-state index in [0.717, 1.165) is 47.3 Å². The molecule has 0 aliphatic carbocycles. The van der Waals surface area contributed by atoms with Crippen LogP contribution in [0, 0.1) is 23.7 Å². The summed E-state index contributed by atoms with van der Waals surface area (Å²) in [6, 6.07) is 4.05. The Balaban J connectivity index is 2.55. The lowest BCUT2D eigenvalue weighted by Gasteiger charge is -2.18. The molecular formula is C28H48Cl2O2. The molecule has 0 N–H and O–H groups in total. The van der Waals surface area contributed by atoms with E-state index in [1.54, 1.807) is 0 Å². The van der Waals surface area contributed by atoms with E-state index in [4.69, 9.17) is 32.7 Å². The molecule has 0 fully saturated rings. The molecule has 32 heavy (non-hydrogen) atoms. The second kappa shape index (κ2) is 16.9. The molecule has 0 heterocycles. The van der Waals surface area contributed by atoms with Gasteiger partial charge in [0.05, 0.1) is 25.0 Å². The molecular weight excluding hydrogens is 439 g/mol. The van der Waals surface area contributed by atoms with Crippen molar-refractivity contribution in [3.8, 4) is 11.5 Å². The number of ether oxygens (including phenoxy) is 2. The topological polar surface area (TPSA) is 18.5 Å². The van der Waals surface area contributed by atoms with Crippen LogP contribution in [-0.2, 0) is 11.8 Å². The minimum Gasteiger partial charge on any atom is -0.493 e. The van der Waals surface area contributed by atoms with E-state index >= 15 is 0 Å². The van der Waals surface area contributed by atoms with Crippen molar-refractivity contribution in [2.45, 2.75) is 105 Å². The van der Waals surface area contributed by atoms with Gasteiger partial charge in [0.25, 0.3) is 0 Å². The van der Waals surface area contributed by atoms with Gasteiger partial charge < -0.3 is 9.47 Å². The molecule has 1 rings (SSSR count). The second-order valence-corrected chi connectivity index (χ2v) is 11.0. The van der Waals surface area contributed by atoms with Gasteiger partial charge >= 0.3 is 0 Å². The average molecular weight is 488 g/mol. The lowest BCUT2D eigenvalue weighted by atomic mass is 9.97. The molecule has 0 saturated carbocycles. The van der Waals surface area contributed by atoms with Gasteiger partial charge in [0, 0.05) is 11.1 Å². The molecule has 1 aromatic rings. The van der Waals surface area contributed by atoms with E-state index in [2.05, 4.69) is 41.5 Å². The number of hydrogen-bond acceptors (Lipinski definition) is 2. The zero-order valence-corrected chi connectivity index (χ0v) is 23.0. The summed E-state index contributed by atoms with van der Waals surface area (Å²) in [4.78, 5) is 0. The summed E-state index contributed by atoms with van der Waals surface area (Å²) in [5.74, 6) is 5.42. The van der Waals surface area contributed by atoms with Crippen molar-refractivity contribution >= 4 is 23.2 Å². The minimum absolute atomic E-state index is 0.407. The van der Waals surface area contributed by atoms with Gasteiger partial charge in [-0.2, -0.15) is 0 Å². The Morgan fingerprint density at radius 3 is 1.28 bits per heavy atom. The molecule has 0 amide bonds. The number of rotatable bonds is 18. The zero-order chi connectivity index (χ0) is 23.9. The van der Waals surface area contributed by atoms with E-state index in [1.807, 2.05) is 12.1 Å². The van der Waals surface area contributed by atoms with Crippen molar-refractivity contribution in [2.24, 2.45) is 23.7 Å². The van der Waals surface area contributed by atoms with Crippen molar-refractivity contribution in [3.63, 3.8) is 0 Å². The fraction of sp³-hybridized carbons (Fsp3) is 0.786. The van der Waals surface area contributed by atoms with Crippen molar-refractivity contribution in [2.75, 3.05) is 13.2 Å². The van der Waals surface area contributed by atoms with Crippen LogP contribution in [0.1, 0.15) is 104 Å². The second-order valence-electron chi connectivity index (χ2n) is 10.5. The first-order chi connectivity index (χ1) is 15.3. The summed E-state index contributed by atoms with van der Waals surface area (Å²) in [5.41, 5.74) is 1.96. The Bertz CT molecular complexity index is 562. The maximum atomic E-state index is 6.24. The molecule has 2 unspecified atom stereocenters. The molecule has 0 aliphatic rings. The molecule has 0 spiro atoms. The number of alkyl halides is 2. The molecule has 1 aromatic carbocycles. The maximum absolute atomic E-state index is 6.24. The van der Waals surface area contributed by atoms with Crippen molar-refractivity contribution < 1.29 is 9.47 Å². The first kappa shape index (κ1) is 29.4. The van der Waals surface area contributed by atoms with Crippen LogP contribution in [0.2, 0.25) is 0 Å². The first-order valence-electron chi connectivity index (χ1n) is 12.8. The van der Waals surface area contributed by atoms with E-state index < -0.39 is 0 Å². The predicted molar refractivity (Wildman–Crippen MR) is 141 cm³/mol. The highest BCUT2D eigenvalue weighted by Gasteiger charge is 2.13. The van der Waals surface area contributed by atoms with Crippen LogP contribution in [0.15, 0.2) is 12.1 Å². The van der Waals surface area contributed by atoms with Crippen LogP contribution in [0.5, 0.6) is 11.5 Å². The van der Waals surface area contributed by atoms with Gasteiger partial charge in [0.2, 0.25) is 0 Å². The third-order valence-corrected chi connectivity index (χ3v) is 6.80. The van der Waals surface area contributed by atoms with Crippen LogP contribution in [0.4, 0.5) is 0 Å². The summed E-state index contributed by atoms with van der Waals surface area (Å²) in [6.07, 6.45) is 9.85. The van der Waals surface area contributed by atoms with Crippen LogP contribution in [0.25, 0.3) is 0 Å². The normalized spacial score (nSPS) is 13.6. The van der Waals surface area contributed by atoms with Gasteiger partial charge in [0.1, 0.15) is 11.5 Å². The highest BCUT2D eigenvalue weighted by atomic mass is 35.5. The number of hydrogen-bond donors (Lipinski definition) is 0. The minimum atomic E-state index is 0.407. The Labute approximate surface area is 208 Å². The van der Waals surface area contributed by atoms with E-state index in [9.17, 15) is 0 Å². The largest absolute Gasteiger partial charge is 0.493 e. The molecule has 0 radical (unpaired) electrons. The van der Waals surface area contributed by atoms with E-state index in [1.165, 1.54) is 38.5 Å². The van der Waals surface area contributed by atoms with Crippen molar-refractivity contribution in [1.29, 1.82) is 0 Å². The average Bonchev–Trinajstić information content (AvgIpc) is 2.73. The van der Waals surface area contributed by atoms with Gasteiger partial charge in [-0.05, 0) is 48.6 Å². The third kappa shape index (κ3) is 12.6. The molecule has 186 valence electrons. The lowest BCUT2D eigenvalue weighted by molar-refractivity contribution is 0.266. The zero-order valence-electron chi connectivity index (χ0n) is 21.5. The van der Waals surface area contributed by atoms with E-state index in [-0.39, 0.29) is 0 Å². The Morgan fingerprint density at radius 1 is 0.594 bits per heavy atom. The summed E-state index contributed by atoms with van der Waals surface area (Å²) >= 11 is 12.5. The van der Waals surface area contributed by atoms with Crippen LogP contribution in [0.3, 0.4) is 0 Å². The molecule has 2 nitrogen and oxygen atoms in total. The quantitative estimate of drug-likeness (QED) is 0.192. The van der Waals surface area contributed by atoms with Gasteiger partial charge in [-0.1, -0.05) is 80.1 Å². The summed E-state index contributed by atoms with van der Waals surface area (Å²) in [6.45, 7) is 15.2. The van der Waals surface area contributed by atoms with Gasteiger partial charge in [-0.25, -0.2) is 0 Å². The number of halogens is 2. The standard InChI is InChI=1S/C28H48Cl2O2/c1-21(2)9-7-11-23(5)13-15-31-27-17-26(20-30)28(18-25(27)19-29)32-16-14-24(6)12-8-10-22(3)4/h17-18,21-24H,7-16,19-20H2,1-6H3. The summed E-state index contributed by atoms with van der Waals surface area (Å²) < 4.78 is 12.3. The monoisotopic (exact) mass is 486 g/mol. The molecule has 0 bridgehead atoms. The fourth-order valence-electron chi connectivity index (χ4n) is 3.90. The lowest BCUT2D eigenvalue weighted by Crippen LogP contribution is -2.08. The Hall–Kier alpha value is -0.600. The molecule has 0 aromatic heterocycles. The predicted octanol–water partition coefficient (Wildman–Crippen LogP) is 9.63. The Kier molecular flexibility index (Phi) is 15.6. The molecule has 2 atom stereocenters. The molecule has 0 aliphatic heterocycles. The molecule has 4 heteroatoms. The van der Waals surface area contributed by atoms with Crippen molar-refractivity contribution in [3.05, 3.63) is 23.3 Å². The SMILES string of the molecule is CC(C)CCCC(C)CCOc1cc(CCl)c(OCCC(C)CCCC(C)C)cc1CCl. The summed E-state index contributed by atoms with van der Waals surface area (Å²) in [7, 11) is 0. The highest BCUT2D eigenvalue weighted by Crippen LogP contribution is 2.32. The van der Waals surface area contributed by atoms with Crippen LogP contribution < -0.4 is 9.47 Å². The smallest absolute Gasteiger partial charge is 0.124 e.